The van der Waals surface area contributed by atoms with Gasteiger partial charge in [0.1, 0.15) is 35.3 Å². The van der Waals surface area contributed by atoms with Crippen molar-refractivity contribution in [3.8, 4) is 11.5 Å². The van der Waals surface area contributed by atoms with Crippen LogP contribution in [0.2, 0.25) is 0 Å². The van der Waals surface area contributed by atoms with Crippen molar-refractivity contribution in [2.75, 3.05) is 0 Å². The molecule has 0 unspecified atom stereocenters. The standard InChI is InChI=1S/C20H14F2O3/c21-15-7-5-14(6-8-15)13-24-19-4-2-1-3-18(19)20(23)25-17-11-9-16(22)10-12-17/h1-12H,13H2. The molecule has 0 heterocycles. The SMILES string of the molecule is O=C(Oc1ccc(F)cc1)c1ccccc1OCc1ccc(F)cc1. The molecule has 5 heteroatoms. The predicted molar refractivity (Wildman–Crippen MR) is 88.5 cm³/mol. The maximum atomic E-state index is 12.9. The number of esters is 1. The van der Waals surface area contributed by atoms with Crippen LogP contribution in [-0.2, 0) is 6.61 Å². The molecule has 0 aliphatic heterocycles. The Morgan fingerprint density at radius 1 is 0.800 bits per heavy atom. The van der Waals surface area contributed by atoms with Crippen molar-refractivity contribution in [2.24, 2.45) is 0 Å². The molecule has 0 N–H and O–H groups in total. The first kappa shape index (κ1) is 16.6. The van der Waals surface area contributed by atoms with Gasteiger partial charge in [-0.05, 0) is 54.1 Å². The third-order valence-electron chi connectivity index (χ3n) is 3.44. The lowest BCUT2D eigenvalue weighted by molar-refractivity contribution is 0.0729. The zero-order valence-electron chi connectivity index (χ0n) is 13.1. The van der Waals surface area contributed by atoms with Crippen molar-refractivity contribution in [1.29, 1.82) is 0 Å². The van der Waals surface area contributed by atoms with Crippen LogP contribution in [0.5, 0.6) is 11.5 Å². The van der Waals surface area contributed by atoms with Gasteiger partial charge in [-0.25, -0.2) is 13.6 Å². The molecule has 0 aliphatic carbocycles. The van der Waals surface area contributed by atoms with E-state index in [1.54, 1.807) is 36.4 Å². The third-order valence-corrected chi connectivity index (χ3v) is 3.44. The predicted octanol–water partition coefficient (Wildman–Crippen LogP) is 4.76. The molecule has 0 aliphatic rings. The number of benzene rings is 3. The van der Waals surface area contributed by atoms with E-state index in [-0.39, 0.29) is 23.7 Å². The fourth-order valence-corrected chi connectivity index (χ4v) is 2.17. The van der Waals surface area contributed by atoms with Gasteiger partial charge in [0.25, 0.3) is 0 Å². The molecular formula is C20H14F2O3. The van der Waals surface area contributed by atoms with Crippen LogP contribution in [0.3, 0.4) is 0 Å². The molecule has 0 bridgehead atoms. The first-order valence-corrected chi connectivity index (χ1v) is 7.56. The van der Waals surface area contributed by atoms with Crippen molar-refractivity contribution >= 4 is 5.97 Å². The fraction of sp³-hybridized carbons (Fsp3) is 0.0500. The summed E-state index contributed by atoms with van der Waals surface area (Å²) in [5.74, 6) is -0.769. The monoisotopic (exact) mass is 340 g/mol. The minimum absolute atomic E-state index is 0.182. The van der Waals surface area contributed by atoms with Gasteiger partial charge in [-0.2, -0.15) is 0 Å². The van der Waals surface area contributed by atoms with E-state index in [4.69, 9.17) is 9.47 Å². The molecular weight excluding hydrogens is 326 g/mol. The first-order chi connectivity index (χ1) is 12.1. The van der Waals surface area contributed by atoms with E-state index < -0.39 is 11.8 Å². The number of hydrogen-bond donors (Lipinski definition) is 0. The molecule has 0 saturated carbocycles. The smallest absolute Gasteiger partial charge is 0.347 e. The number of hydrogen-bond acceptors (Lipinski definition) is 3. The number of halogens is 2. The second-order valence-corrected chi connectivity index (χ2v) is 5.25. The van der Waals surface area contributed by atoms with Crippen LogP contribution in [0.25, 0.3) is 0 Å². The number of carbonyl (C=O) groups is 1. The fourth-order valence-electron chi connectivity index (χ4n) is 2.17. The van der Waals surface area contributed by atoms with Gasteiger partial charge in [-0.3, -0.25) is 0 Å². The Morgan fingerprint density at radius 3 is 2.08 bits per heavy atom. The zero-order chi connectivity index (χ0) is 17.6. The summed E-state index contributed by atoms with van der Waals surface area (Å²) >= 11 is 0. The highest BCUT2D eigenvalue weighted by molar-refractivity contribution is 5.93. The van der Waals surface area contributed by atoms with E-state index >= 15 is 0 Å². The Morgan fingerprint density at radius 2 is 1.40 bits per heavy atom. The Balaban J connectivity index is 1.72. The Labute approximate surface area is 143 Å². The molecule has 3 nitrogen and oxygen atoms in total. The Kier molecular flexibility index (Phi) is 5.04. The summed E-state index contributed by atoms with van der Waals surface area (Å²) in [6, 6.07) is 17.7. The van der Waals surface area contributed by atoms with Crippen LogP contribution in [0, 0.1) is 11.6 Å². The summed E-state index contributed by atoms with van der Waals surface area (Å²) in [6.07, 6.45) is 0. The van der Waals surface area contributed by atoms with E-state index in [0.29, 0.717) is 5.75 Å². The largest absolute Gasteiger partial charge is 0.488 e. The van der Waals surface area contributed by atoms with Gasteiger partial charge in [0.15, 0.2) is 0 Å². The van der Waals surface area contributed by atoms with E-state index in [1.807, 2.05) is 0 Å². The molecule has 0 atom stereocenters. The summed E-state index contributed by atoms with van der Waals surface area (Å²) in [7, 11) is 0. The minimum Gasteiger partial charge on any atom is -0.488 e. The summed E-state index contributed by atoms with van der Waals surface area (Å²) < 4.78 is 36.7. The van der Waals surface area contributed by atoms with Gasteiger partial charge in [-0.15, -0.1) is 0 Å². The van der Waals surface area contributed by atoms with Crippen LogP contribution >= 0.6 is 0 Å². The van der Waals surface area contributed by atoms with E-state index in [9.17, 15) is 13.6 Å². The highest BCUT2D eigenvalue weighted by Gasteiger charge is 2.14. The van der Waals surface area contributed by atoms with Crippen molar-refractivity contribution in [2.45, 2.75) is 6.61 Å². The van der Waals surface area contributed by atoms with Gasteiger partial charge < -0.3 is 9.47 Å². The maximum Gasteiger partial charge on any atom is 0.347 e. The number of para-hydroxylation sites is 1. The van der Waals surface area contributed by atoms with Gasteiger partial charge in [0, 0.05) is 0 Å². The van der Waals surface area contributed by atoms with E-state index in [1.165, 1.54) is 36.4 Å². The van der Waals surface area contributed by atoms with E-state index in [2.05, 4.69) is 0 Å². The minimum atomic E-state index is -0.610. The van der Waals surface area contributed by atoms with Gasteiger partial charge in [0.2, 0.25) is 0 Å². The third kappa shape index (κ3) is 4.41. The Bertz CT molecular complexity index is 859. The number of ether oxygens (including phenoxy) is 2. The maximum absolute atomic E-state index is 12.9. The average Bonchev–Trinajstić information content (AvgIpc) is 2.63. The zero-order valence-corrected chi connectivity index (χ0v) is 13.1. The second-order valence-electron chi connectivity index (χ2n) is 5.25. The van der Waals surface area contributed by atoms with Crippen molar-refractivity contribution in [3.63, 3.8) is 0 Å². The lowest BCUT2D eigenvalue weighted by atomic mass is 10.2. The molecule has 3 aromatic rings. The highest BCUT2D eigenvalue weighted by atomic mass is 19.1. The molecule has 126 valence electrons. The second kappa shape index (κ2) is 7.57. The molecule has 3 aromatic carbocycles. The lowest BCUT2D eigenvalue weighted by Gasteiger charge is -2.11. The molecule has 0 spiro atoms. The van der Waals surface area contributed by atoms with Gasteiger partial charge >= 0.3 is 5.97 Å². The van der Waals surface area contributed by atoms with Crippen molar-refractivity contribution in [3.05, 3.63) is 95.6 Å². The summed E-state index contributed by atoms with van der Waals surface area (Å²) in [4.78, 5) is 12.3. The average molecular weight is 340 g/mol. The topological polar surface area (TPSA) is 35.5 Å². The Hall–Kier alpha value is -3.21. The van der Waals surface area contributed by atoms with Gasteiger partial charge in [-0.1, -0.05) is 24.3 Å². The lowest BCUT2D eigenvalue weighted by Crippen LogP contribution is -2.11. The van der Waals surface area contributed by atoms with Crippen LogP contribution in [-0.4, -0.2) is 5.97 Å². The molecule has 0 amide bonds. The van der Waals surface area contributed by atoms with Crippen LogP contribution in [0.4, 0.5) is 8.78 Å². The summed E-state index contributed by atoms with van der Waals surface area (Å²) in [5, 5.41) is 0. The molecule has 0 radical (unpaired) electrons. The molecule has 25 heavy (non-hydrogen) atoms. The number of carbonyl (C=O) groups excluding carboxylic acids is 1. The normalized spacial score (nSPS) is 10.3. The van der Waals surface area contributed by atoms with E-state index in [0.717, 1.165) is 5.56 Å². The summed E-state index contributed by atoms with van der Waals surface area (Å²) in [5.41, 5.74) is 1.01. The van der Waals surface area contributed by atoms with Crippen LogP contribution in [0.1, 0.15) is 15.9 Å². The molecule has 3 rings (SSSR count). The molecule has 0 saturated heterocycles. The number of rotatable bonds is 5. The van der Waals surface area contributed by atoms with Gasteiger partial charge in [0.05, 0.1) is 0 Å². The quantitative estimate of drug-likeness (QED) is 0.496. The summed E-state index contributed by atoms with van der Waals surface area (Å²) in [6.45, 7) is 0.182. The van der Waals surface area contributed by atoms with Crippen molar-refractivity contribution < 1.29 is 23.0 Å². The van der Waals surface area contributed by atoms with Crippen LogP contribution < -0.4 is 9.47 Å². The first-order valence-electron chi connectivity index (χ1n) is 7.56. The molecule has 0 aromatic heterocycles. The van der Waals surface area contributed by atoms with Crippen LogP contribution in [0.15, 0.2) is 72.8 Å². The molecule has 0 fully saturated rings. The van der Waals surface area contributed by atoms with Crippen molar-refractivity contribution in [1.82, 2.24) is 0 Å². The highest BCUT2D eigenvalue weighted by Crippen LogP contribution is 2.22.